The third kappa shape index (κ3) is 3.76. The Kier molecular flexibility index (Phi) is 5.00. The second-order valence-electron chi connectivity index (χ2n) is 6.94. The molecule has 0 bridgehead atoms. The normalized spacial score (nSPS) is 10.8. The minimum Gasteiger partial charge on any atom is -0.321 e. The van der Waals surface area contributed by atoms with Gasteiger partial charge < -0.3 is 5.32 Å². The van der Waals surface area contributed by atoms with Crippen molar-refractivity contribution in [1.29, 1.82) is 0 Å². The summed E-state index contributed by atoms with van der Waals surface area (Å²) in [6.45, 7) is 1.82. The highest BCUT2D eigenvalue weighted by Crippen LogP contribution is 2.26. The summed E-state index contributed by atoms with van der Waals surface area (Å²) >= 11 is 0. The zero-order valence-corrected chi connectivity index (χ0v) is 16.7. The van der Waals surface area contributed by atoms with Gasteiger partial charge in [0.15, 0.2) is 11.4 Å². The molecule has 2 aromatic heterocycles. The number of pyridine rings is 1. The summed E-state index contributed by atoms with van der Waals surface area (Å²) in [5.41, 5.74) is 1.96. The maximum atomic E-state index is 13.0. The summed E-state index contributed by atoms with van der Waals surface area (Å²) in [6, 6.07) is 13.8. The van der Waals surface area contributed by atoms with E-state index in [2.05, 4.69) is 15.4 Å². The van der Waals surface area contributed by atoms with E-state index in [1.807, 2.05) is 6.92 Å². The summed E-state index contributed by atoms with van der Waals surface area (Å²) in [4.78, 5) is 40.8. The number of nitrogens with zero attached hydrogens (tertiary/aromatic N) is 4. The van der Waals surface area contributed by atoms with E-state index in [0.717, 1.165) is 17.1 Å². The molecule has 0 aliphatic heterocycles. The Morgan fingerprint density at radius 1 is 1.06 bits per heavy atom. The van der Waals surface area contributed by atoms with Crippen molar-refractivity contribution in [2.45, 2.75) is 6.92 Å². The zero-order valence-electron chi connectivity index (χ0n) is 16.7. The van der Waals surface area contributed by atoms with Gasteiger partial charge in [0.2, 0.25) is 0 Å². The number of carbonyl (C=O) groups is 2. The second kappa shape index (κ2) is 7.79. The largest absolute Gasteiger partial charge is 0.321 e. The van der Waals surface area contributed by atoms with Crippen LogP contribution in [0.3, 0.4) is 0 Å². The lowest BCUT2D eigenvalue weighted by atomic mass is 10.0. The molecule has 9 heteroatoms. The Labute approximate surface area is 176 Å². The molecule has 154 valence electrons. The number of benzene rings is 2. The number of anilines is 1. The van der Waals surface area contributed by atoms with Crippen LogP contribution in [0.1, 0.15) is 32.0 Å². The number of aryl methyl sites for hydroxylation is 2. The Balaban J connectivity index is 1.72. The molecule has 0 aliphatic rings. The number of aromatic nitrogens is 3. The summed E-state index contributed by atoms with van der Waals surface area (Å²) in [7, 11) is 1.76. The van der Waals surface area contributed by atoms with Gasteiger partial charge in [-0.05, 0) is 19.1 Å². The van der Waals surface area contributed by atoms with Crippen molar-refractivity contribution in [2.24, 2.45) is 7.05 Å². The number of nitrogens with one attached hydrogen (secondary N) is 1. The maximum absolute atomic E-state index is 13.0. The molecule has 0 unspecified atom stereocenters. The first-order valence-electron chi connectivity index (χ1n) is 9.34. The first-order chi connectivity index (χ1) is 14.8. The zero-order chi connectivity index (χ0) is 22.1. The number of nitro groups is 1. The van der Waals surface area contributed by atoms with Gasteiger partial charge in [0.25, 0.3) is 11.6 Å². The van der Waals surface area contributed by atoms with E-state index >= 15 is 0 Å². The molecule has 1 amide bonds. The van der Waals surface area contributed by atoms with Gasteiger partial charge in [0.1, 0.15) is 0 Å². The SMILES string of the molecule is Cc1nn(C)c2ncc(C(=O)Nc3ccc([N+](=O)[O-])cc3C(=O)c3ccccc3)cc12. The smallest absolute Gasteiger partial charge is 0.270 e. The molecular weight excluding hydrogens is 398 g/mol. The minimum absolute atomic E-state index is 0.0281. The van der Waals surface area contributed by atoms with Crippen molar-refractivity contribution in [2.75, 3.05) is 5.32 Å². The van der Waals surface area contributed by atoms with E-state index in [0.29, 0.717) is 11.2 Å². The van der Waals surface area contributed by atoms with Gasteiger partial charge in [0.05, 0.1) is 27.4 Å². The van der Waals surface area contributed by atoms with E-state index in [4.69, 9.17) is 0 Å². The van der Waals surface area contributed by atoms with Gasteiger partial charge in [-0.15, -0.1) is 0 Å². The van der Waals surface area contributed by atoms with Crippen molar-refractivity contribution in [3.8, 4) is 0 Å². The average molecular weight is 415 g/mol. The van der Waals surface area contributed by atoms with Crippen LogP contribution in [0.5, 0.6) is 0 Å². The van der Waals surface area contributed by atoms with Gasteiger partial charge in [-0.1, -0.05) is 30.3 Å². The molecule has 31 heavy (non-hydrogen) atoms. The highest BCUT2D eigenvalue weighted by Gasteiger charge is 2.20. The summed E-state index contributed by atoms with van der Waals surface area (Å²) in [5, 5.41) is 18.9. The molecule has 9 nitrogen and oxygen atoms in total. The first-order valence-corrected chi connectivity index (χ1v) is 9.34. The predicted molar refractivity (Wildman–Crippen MR) is 114 cm³/mol. The molecule has 0 saturated carbocycles. The highest BCUT2D eigenvalue weighted by atomic mass is 16.6. The van der Waals surface area contributed by atoms with E-state index in [-0.39, 0.29) is 22.5 Å². The lowest BCUT2D eigenvalue weighted by molar-refractivity contribution is -0.384. The molecule has 0 fully saturated rings. The first kappa shape index (κ1) is 19.9. The number of hydrogen-bond acceptors (Lipinski definition) is 6. The molecule has 0 atom stereocenters. The number of nitro benzene ring substituents is 1. The summed E-state index contributed by atoms with van der Waals surface area (Å²) < 4.78 is 1.62. The molecular formula is C22H17N5O4. The van der Waals surface area contributed by atoms with Crippen LogP contribution in [0.25, 0.3) is 11.0 Å². The third-order valence-electron chi connectivity index (χ3n) is 4.87. The standard InChI is InChI=1S/C22H17N5O4/c1-13-17-10-15(12-23-21(17)26(2)25-13)22(29)24-19-9-8-16(27(30)31)11-18(19)20(28)14-6-4-3-5-7-14/h3-12H,1-2H3,(H,24,29). The fraction of sp³-hybridized carbons (Fsp3) is 0.0909. The van der Waals surface area contributed by atoms with E-state index in [1.165, 1.54) is 18.3 Å². The van der Waals surface area contributed by atoms with Gasteiger partial charge in [-0.2, -0.15) is 5.10 Å². The molecule has 2 aromatic carbocycles. The molecule has 4 rings (SSSR count). The lowest BCUT2D eigenvalue weighted by Gasteiger charge is -2.11. The number of rotatable bonds is 5. The van der Waals surface area contributed by atoms with Gasteiger partial charge in [-0.25, -0.2) is 4.98 Å². The molecule has 0 aliphatic carbocycles. The topological polar surface area (TPSA) is 120 Å². The van der Waals surface area contributed by atoms with Crippen LogP contribution in [0, 0.1) is 17.0 Å². The molecule has 4 aromatic rings. The Morgan fingerprint density at radius 3 is 2.52 bits per heavy atom. The van der Waals surface area contributed by atoms with Crippen LogP contribution in [-0.2, 0) is 7.05 Å². The van der Waals surface area contributed by atoms with Crippen LogP contribution in [-0.4, -0.2) is 31.4 Å². The number of hydrogen-bond donors (Lipinski definition) is 1. The molecule has 1 N–H and O–H groups in total. The van der Waals surface area contributed by atoms with Crippen LogP contribution in [0.15, 0.2) is 60.8 Å². The van der Waals surface area contributed by atoms with E-state index in [1.54, 1.807) is 48.1 Å². The highest BCUT2D eigenvalue weighted by molar-refractivity contribution is 6.15. The van der Waals surface area contributed by atoms with Crippen LogP contribution in [0.4, 0.5) is 11.4 Å². The average Bonchev–Trinajstić information content (AvgIpc) is 3.07. The third-order valence-corrected chi connectivity index (χ3v) is 4.87. The number of carbonyl (C=O) groups excluding carboxylic acids is 2. The van der Waals surface area contributed by atoms with Crippen LogP contribution in [0.2, 0.25) is 0 Å². The van der Waals surface area contributed by atoms with E-state index < -0.39 is 16.6 Å². The van der Waals surface area contributed by atoms with Crippen molar-refractivity contribution in [3.63, 3.8) is 0 Å². The van der Waals surface area contributed by atoms with Crippen molar-refractivity contribution in [3.05, 3.63) is 93.3 Å². The molecule has 0 radical (unpaired) electrons. The van der Waals surface area contributed by atoms with Gasteiger partial charge in [-0.3, -0.25) is 24.4 Å². The van der Waals surface area contributed by atoms with Crippen LogP contribution < -0.4 is 5.32 Å². The van der Waals surface area contributed by atoms with Crippen molar-refractivity contribution >= 4 is 34.1 Å². The second-order valence-corrected chi connectivity index (χ2v) is 6.94. The Bertz CT molecular complexity index is 1350. The predicted octanol–water partition coefficient (Wildman–Crippen LogP) is 3.67. The monoisotopic (exact) mass is 415 g/mol. The van der Waals surface area contributed by atoms with E-state index in [9.17, 15) is 19.7 Å². The van der Waals surface area contributed by atoms with Crippen molar-refractivity contribution in [1.82, 2.24) is 14.8 Å². The van der Waals surface area contributed by atoms with Crippen LogP contribution >= 0.6 is 0 Å². The fourth-order valence-electron chi connectivity index (χ4n) is 3.31. The molecule has 0 spiro atoms. The number of fused-ring (bicyclic) bond motifs is 1. The number of non-ortho nitro benzene ring substituents is 1. The van der Waals surface area contributed by atoms with Gasteiger partial charge >= 0.3 is 0 Å². The molecule has 2 heterocycles. The number of ketones is 1. The fourth-order valence-corrected chi connectivity index (χ4v) is 3.31. The Morgan fingerprint density at radius 2 is 1.81 bits per heavy atom. The lowest BCUT2D eigenvalue weighted by Crippen LogP contribution is -2.16. The summed E-state index contributed by atoms with van der Waals surface area (Å²) in [5.74, 6) is -0.926. The maximum Gasteiger partial charge on any atom is 0.270 e. The minimum atomic E-state index is -0.587. The summed E-state index contributed by atoms with van der Waals surface area (Å²) in [6.07, 6.45) is 1.42. The number of amides is 1. The van der Waals surface area contributed by atoms with Crippen molar-refractivity contribution < 1.29 is 14.5 Å². The Hall–Kier alpha value is -4.40. The molecule has 0 saturated heterocycles. The quantitative estimate of drug-likeness (QED) is 0.302. The van der Waals surface area contributed by atoms with Gasteiger partial charge in [0, 0.05) is 36.3 Å².